The predicted octanol–water partition coefficient (Wildman–Crippen LogP) is 6.09. The van der Waals surface area contributed by atoms with Crippen LogP contribution in [-0.4, -0.2) is 96.9 Å². The van der Waals surface area contributed by atoms with Crippen LogP contribution in [-0.2, 0) is 16.6 Å². The van der Waals surface area contributed by atoms with Crippen LogP contribution in [0.1, 0.15) is 50.5 Å². The number of carbonyl (C=O) groups is 2. The van der Waals surface area contributed by atoms with Crippen molar-refractivity contribution in [2.75, 3.05) is 42.5 Å². The molecule has 3 aliphatic heterocycles. The van der Waals surface area contributed by atoms with E-state index in [1.807, 2.05) is 63.2 Å². The van der Waals surface area contributed by atoms with Gasteiger partial charge in [0.25, 0.3) is 0 Å². The number of phenols is 1. The van der Waals surface area contributed by atoms with Crippen molar-refractivity contribution in [3.63, 3.8) is 0 Å². The smallest absolute Gasteiger partial charge is 0.243 e. The topological polar surface area (TPSA) is 166 Å². The summed E-state index contributed by atoms with van der Waals surface area (Å²) in [6.45, 7) is 8.71. The number of aliphatic hydroxyl groups excluding tert-OH is 1. The molecule has 0 unspecified atom stereocenters. The first-order chi connectivity index (χ1) is 28.8. The first kappa shape index (κ1) is 39.4. The summed E-state index contributed by atoms with van der Waals surface area (Å²) in [5, 5.41) is 42.3. The second-order valence-electron chi connectivity index (χ2n) is 16.8. The largest absolute Gasteiger partial charge is 0.507 e. The van der Waals surface area contributed by atoms with Crippen molar-refractivity contribution in [3.8, 4) is 28.3 Å². The van der Waals surface area contributed by atoms with Gasteiger partial charge in [-0.1, -0.05) is 73.1 Å². The molecule has 310 valence electrons. The highest BCUT2D eigenvalue weighted by Gasteiger charge is 2.53. The maximum Gasteiger partial charge on any atom is 0.243 e. The number of anilines is 2. The van der Waals surface area contributed by atoms with Crippen molar-refractivity contribution in [2.45, 2.75) is 51.3 Å². The number of carbonyl (C=O) groups excluding carboxylic acids is 2. The molecular weight excluding hydrogens is 789 g/mol. The number of amides is 2. The maximum atomic E-state index is 14.3. The van der Waals surface area contributed by atoms with Crippen LogP contribution in [0.2, 0.25) is 5.02 Å². The number of nitrogens with one attached hydrogen (secondary N) is 1. The second kappa shape index (κ2) is 15.2. The Balaban J connectivity index is 0.833. The van der Waals surface area contributed by atoms with Crippen molar-refractivity contribution >= 4 is 45.8 Å². The molecule has 3 aromatic heterocycles. The van der Waals surface area contributed by atoms with Crippen molar-refractivity contribution < 1.29 is 28.7 Å². The number of hydrogen-bond acceptors (Lipinski definition) is 11. The normalized spacial score (nSPS) is 19.4. The number of nitrogens with zero attached hydrogens (tertiary/aromatic N) is 8. The summed E-state index contributed by atoms with van der Waals surface area (Å²) < 4.78 is 21.6. The van der Waals surface area contributed by atoms with Gasteiger partial charge in [-0.25, -0.2) is 4.39 Å². The molecule has 16 heteroatoms. The van der Waals surface area contributed by atoms with E-state index in [9.17, 15) is 24.2 Å². The molecule has 1 spiro atoms. The van der Waals surface area contributed by atoms with Gasteiger partial charge in [0.15, 0.2) is 17.4 Å². The lowest BCUT2D eigenvalue weighted by Gasteiger charge is -2.61. The number of phenolic OH excluding ortho intramolecular Hbond substituents is 1. The van der Waals surface area contributed by atoms with Gasteiger partial charge in [0.05, 0.1) is 29.6 Å². The van der Waals surface area contributed by atoms with E-state index in [2.05, 4.69) is 41.6 Å². The van der Waals surface area contributed by atoms with Crippen molar-refractivity contribution in [1.29, 1.82) is 0 Å². The molecule has 3 N–H and O–H groups in total. The number of benzene rings is 3. The minimum absolute atomic E-state index is 0.00764. The average molecular weight is 834 g/mol. The monoisotopic (exact) mass is 833 g/mol. The van der Waals surface area contributed by atoms with E-state index in [4.69, 9.17) is 16.1 Å². The van der Waals surface area contributed by atoms with Crippen LogP contribution in [0.4, 0.5) is 15.9 Å². The van der Waals surface area contributed by atoms with E-state index in [1.165, 1.54) is 15.8 Å². The Bertz CT molecular complexity index is 2580. The van der Waals surface area contributed by atoms with Crippen molar-refractivity contribution in [1.82, 2.24) is 35.4 Å². The highest BCUT2D eigenvalue weighted by atomic mass is 35.5. The summed E-state index contributed by atoms with van der Waals surface area (Å²) in [5.41, 5.74) is 4.92. The predicted molar refractivity (Wildman–Crippen MR) is 224 cm³/mol. The van der Waals surface area contributed by atoms with Gasteiger partial charge in [0.2, 0.25) is 11.8 Å². The Hall–Kier alpha value is -6.06. The maximum absolute atomic E-state index is 14.3. The molecule has 0 radical (unpaired) electrons. The third kappa shape index (κ3) is 6.98. The van der Waals surface area contributed by atoms with Gasteiger partial charge < -0.3 is 34.8 Å². The van der Waals surface area contributed by atoms with Gasteiger partial charge in [-0.3, -0.25) is 14.3 Å². The molecule has 2 amide bonds. The van der Waals surface area contributed by atoms with Crippen LogP contribution < -0.4 is 15.1 Å². The fourth-order valence-corrected chi connectivity index (χ4v) is 9.32. The third-order valence-electron chi connectivity index (χ3n) is 12.2. The van der Waals surface area contributed by atoms with Crippen molar-refractivity contribution in [2.24, 2.45) is 18.4 Å². The van der Waals surface area contributed by atoms with Gasteiger partial charge >= 0.3 is 0 Å². The van der Waals surface area contributed by atoms with Gasteiger partial charge in [0, 0.05) is 73.8 Å². The lowest BCUT2D eigenvalue weighted by Crippen LogP contribution is -2.72. The molecule has 6 heterocycles. The molecular formula is C44H45ClFN9O5. The Labute approximate surface area is 350 Å². The summed E-state index contributed by atoms with van der Waals surface area (Å²) in [5.74, 6) is -1.40. The Morgan fingerprint density at radius 1 is 0.983 bits per heavy atom. The zero-order valence-electron chi connectivity index (χ0n) is 33.6. The molecule has 14 nitrogen and oxygen atoms in total. The van der Waals surface area contributed by atoms with Crippen LogP contribution in [0.5, 0.6) is 5.75 Å². The SMILES string of the molecule is CC(C)[C@@H](C(=O)N1C[C@H](O)C[C@H]1C(=O)N[C@@H](C)c1ccc(-c2c(F)cnn2C)cc1)c1onc(N2CC3(CN(c4ccc5cc(-c6ccccc6O)nnc5c4)C3)C2)c1Cl. The standard InChI is InChI=1S/C44H45ClFN9O5/c1-24(2)37(43(59)55-19-30(56)17-35(55)42(58)48-25(3)26-9-11-27(12-10-26)39-32(46)18-47-52(39)4)40-38(45)41(51-60-40)54-22-44(23-54)20-53(21-44)29-14-13-28-15-34(50-49-33(28)16-29)31-7-5-6-8-36(31)57/h5-16,18,24-25,30,35,37,56-57H,17,19-23H2,1-4H3,(H,48,58)/t25-,30+,35-,37+/m0/s1. The number of β-amino-alcohol motifs (C(OH)–C–C–N with tert-alkyl or cyclic N) is 1. The molecule has 3 aromatic carbocycles. The van der Waals surface area contributed by atoms with E-state index in [0.717, 1.165) is 35.2 Å². The number of rotatable bonds is 10. The Morgan fingerprint density at radius 3 is 2.42 bits per heavy atom. The summed E-state index contributed by atoms with van der Waals surface area (Å²) >= 11 is 6.98. The number of fused-ring (bicyclic) bond motifs is 1. The van der Waals surface area contributed by atoms with Gasteiger partial charge in [-0.05, 0) is 48.7 Å². The third-order valence-corrected chi connectivity index (χ3v) is 12.5. The lowest BCUT2D eigenvalue weighted by atomic mass is 9.72. The number of aliphatic hydroxyl groups is 1. The van der Waals surface area contributed by atoms with E-state index in [-0.39, 0.29) is 46.7 Å². The lowest BCUT2D eigenvalue weighted by molar-refractivity contribution is -0.141. The van der Waals surface area contributed by atoms with E-state index in [0.29, 0.717) is 41.4 Å². The number of hydrogen-bond donors (Lipinski definition) is 3. The molecule has 4 atom stereocenters. The Morgan fingerprint density at radius 2 is 1.72 bits per heavy atom. The minimum Gasteiger partial charge on any atom is -0.507 e. The Kier molecular flexibility index (Phi) is 9.98. The quantitative estimate of drug-likeness (QED) is 0.146. The number of likely N-dealkylation sites (tertiary alicyclic amines) is 1. The molecule has 3 fully saturated rings. The number of aryl methyl sites for hydroxylation is 1. The van der Waals surface area contributed by atoms with Gasteiger partial charge in [-0.2, -0.15) is 5.10 Å². The zero-order valence-corrected chi connectivity index (χ0v) is 34.3. The summed E-state index contributed by atoms with van der Waals surface area (Å²) in [6.07, 6.45) is 0.370. The highest BCUT2D eigenvalue weighted by Crippen LogP contribution is 2.47. The van der Waals surface area contributed by atoms with Crippen LogP contribution in [0, 0.1) is 17.2 Å². The number of para-hydroxylation sites is 1. The number of aromatic nitrogens is 5. The molecule has 6 aromatic rings. The van der Waals surface area contributed by atoms with Crippen LogP contribution in [0.25, 0.3) is 33.4 Å². The first-order valence-electron chi connectivity index (χ1n) is 20.1. The molecule has 0 saturated carbocycles. The molecule has 9 rings (SSSR count). The van der Waals surface area contributed by atoms with Gasteiger partial charge in [-0.15, -0.1) is 10.2 Å². The molecule has 0 aliphatic carbocycles. The molecule has 60 heavy (non-hydrogen) atoms. The van der Waals surface area contributed by atoms with E-state index >= 15 is 0 Å². The van der Waals surface area contributed by atoms with Gasteiger partial charge in [0.1, 0.15) is 28.4 Å². The molecule has 3 saturated heterocycles. The summed E-state index contributed by atoms with van der Waals surface area (Å²) in [7, 11) is 1.67. The van der Waals surface area contributed by atoms with Crippen LogP contribution >= 0.6 is 11.6 Å². The number of aromatic hydroxyl groups is 1. The first-order valence-corrected chi connectivity index (χ1v) is 20.4. The van der Waals surface area contributed by atoms with E-state index in [1.54, 1.807) is 31.3 Å². The minimum atomic E-state index is -0.909. The van der Waals surface area contributed by atoms with Crippen LogP contribution in [0.3, 0.4) is 0 Å². The molecule has 0 bridgehead atoms. The average Bonchev–Trinajstić information content (AvgIpc) is 3.88. The van der Waals surface area contributed by atoms with Crippen LogP contribution in [0.15, 0.2) is 83.5 Å². The number of halogens is 2. The van der Waals surface area contributed by atoms with E-state index < -0.39 is 35.8 Å². The molecule has 3 aliphatic rings. The fraction of sp³-hybridized carbons (Fsp3) is 0.364. The summed E-state index contributed by atoms with van der Waals surface area (Å²) in [4.78, 5) is 33.9. The zero-order chi connectivity index (χ0) is 42.0. The van der Waals surface area contributed by atoms with Crippen molar-refractivity contribution in [3.05, 3.63) is 101 Å². The fourth-order valence-electron chi connectivity index (χ4n) is 9.02. The summed E-state index contributed by atoms with van der Waals surface area (Å²) in [6, 6.07) is 21.0. The highest BCUT2D eigenvalue weighted by molar-refractivity contribution is 6.33. The second-order valence-corrected chi connectivity index (χ2v) is 17.2.